The fourth-order valence-electron chi connectivity index (χ4n) is 3.74. The van der Waals surface area contributed by atoms with E-state index in [0.29, 0.717) is 25.9 Å². The second-order valence-corrected chi connectivity index (χ2v) is 9.05. The van der Waals surface area contributed by atoms with Gasteiger partial charge < -0.3 is 9.80 Å². The predicted octanol–water partition coefficient (Wildman–Crippen LogP) is 2.42. The summed E-state index contributed by atoms with van der Waals surface area (Å²) in [6, 6.07) is 13.7. The Bertz CT molecular complexity index is 1030. The molecule has 1 N–H and O–H groups in total. The summed E-state index contributed by atoms with van der Waals surface area (Å²) >= 11 is 0. The summed E-state index contributed by atoms with van der Waals surface area (Å²) < 4.78 is 27.9. The van der Waals surface area contributed by atoms with E-state index in [1.165, 1.54) is 12.1 Å². The molecule has 2 saturated heterocycles. The lowest BCUT2D eigenvalue weighted by Gasteiger charge is -2.17. The van der Waals surface area contributed by atoms with Crippen LogP contribution in [0, 0.1) is 0 Å². The molecule has 0 unspecified atom stereocenters. The molecule has 0 spiro atoms. The first kappa shape index (κ1) is 19.6. The van der Waals surface area contributed by atoms with Gasteiger partial charge in [-0.15, -0.1) is 0 Å². The molecular weight excluding hydrogens is 390 g/mol. The number of hydrogen-bond donors (Lipinski definition) is 1. The number of carbonyl (C=O) groups excluding carboxylic acids is 2. The molecule has 2 fully saturated rings. The van der Waals surface area contributed by atoms with Crippen LogP contribution in [0.1, 0.15) is 31.2 Å². The first-order valence-corrected chi connectivity index (χ1v) is 11.2. The van der Waals surface area contributed by atoms with Crippen LogP contribution in [0.15, 0.2) is 53.4 Å². The van der Waals surface area contributed by atoms with Crippen LogP contribution in [0.4, 0.5) is 11.4 Å². The Balaban J connectivity index is 1.44. The highest BCUT2D eigenvalue weighted by atomic mass is 32.2. The van der Waals surface area contributed by atoms with Crippen molar-refractivity contribution in [1.82, 2.24) is 4.72 Å². The van der Waals surface area contributed by atoms with Gasteiger partial charge in [-0.05, 0) is 54.8 Å². The molecule has 0 atom stereocenters. The van der Waals surface area contributed by atoms with Crippen LogP contribution in [-0.2, 0) is 26.2 Å². The van der Waals surface area contributed by atoms with Crippen LogP contribution in [0.3, 0.4) is 0 Å². The number of carbonyl (C=O) groups is 2. The minimum absolute atomic E-state index is 0.0649. The maximum Gasteiger partial charge on any atom is 0.240 e. The quantitative estimate of drug-likeness (QED) is 0.788. The summed E-state index contributed by atoms with van der Waals surface area (Å²) in [5.41, 5.74) is 2.29. The predicted molar refractivity (Wildman–Crippen MR) is 110 cm³/mol. The molecule has 2 aliphatic heterocycles. The zero-order valence-electron chi connectivity index (χ0n) is 16.0. The molecule has 4 rings (SSSR count). The number of benzene rings is 2. The lowest BCUT2D eigenvalue weighted by atomic mass is 10.2. The van der Waals surface area contributed by atoms with Crippen molar-refractivity contribution < 1.29 is 18.0 Å². The van der Waals surface area contributed by atoms with Gasteiger partial charge in [-0.25, -0.2) is 13.1 Å². The first-order chi connectivity index (χ1) is 13.9. The van der Waals surface area contributed by atoms with Gasteiger partial charge in [0, 0.05) is 43.9 Å². The van der Waals surface area contributed by atoms with Crippen LogP contribution in [-0.4, -0.2) is 33.3 Å². The van der Waals surface area contributed by atoms with E-state index >= 15 is 0 Å². The van der Waals surface area contributed by atoms with Gasteiger partial charge in [0.2, 0.25) is 21.8 Å². The highest BCUT2D eigenvalue weighted by molar-refractivity contribution is 7.89. The van der Waals surface area contributed by atoms with E-state index in [9.17, 15) is 18.0 Å². The van der Waals surface area contributed by atoms with Gasteiger partial charge in [0.05, 0.1) is 4.90 Å². The van der Waals surface area contributed by atoms with Gasteiger partial charge in [0.25, 0.3) is 0 Å². The number of amides is 2. The highest BCUT2D eigenvalue weighted by Crippen LogP contribution is 2.24. The third kappa shape index (κ3) is 4.18. The lowest BCUT2D eigenvalue weighted by molar-refractivity contribution is -0.117. The lowest BCUT2D eigenvalue weighted by Crippen LogP contribution is -2.25. The van der Waals surface area contributed by atoms with Gasteiger partial charge >= 0.3 is 0 Å². The SMILES string of the molecule is O=C1CCCN1c1ccc(S(=O)(=O)NCc2cccc(N3CCCC3=O)c2)cc1. The minimum atomic E-state index is -3.69. The zero-order chi connectivity index (χ0) is 20.4. The summed E-state index contributed by atoms with van der Waals surface area (Å²) in [6.07, 6.45) is 2.75. The average molecular weight is 413 g/mol. The Kier molecular flexibility index (Phi) is 5.38. The van der Waals surface area contributed by atoms with Gasteiger partial charge in [-0.3, -0.25) is 9.59 Å². The Morgan fingerprint density at radius 2 is 1.45 bits per heavy atom. The van der Waals surface area contributed by atoms with Crippen molar-refractivity contribution in [2.75, 3.05) is 22.9 Å². The molecule has 152 valence electrons. The van der Waals surface area contributed by atoms with E-state index in [-0.39, 0.29) is 23.3 Å². The maximum atomic E-state index is 12.6. The van der Waals surface area contributed by atoms with Crippen LogP contribution in [0.5, 0.6) is 0 Å². The van der Waals surface area contributed by atoms with Crippen LogP contribution in [0.2, 0.25) is 0 Å². The Labute approximate surface area is 170 Å². The summed E-state index contributed by atoms with van der Waals surface area (Å²) in [5.74, 6) is 0.161. The third-order valence-corrected chi connectivity index (χ3v) is 6.71. The van der Waals surface area contributed by atoms with Gasteiger partial charge in [-0.1, -0.05) is 12.1 Å². The first-order valence-electron chi connectivity index (χ1n) is 9.73. The molecule has 7 nitrogen and oxygen atoms in total. The van der Waals surface area contributed by atoms with E-state index in [1.54, 1.807) is 21.9 Å². The van der Waals surface area contributed by atoms with Crippen LogP contribution >= 0.6 is 0 Å². The van der Waals surface area contributed by atoms with Gasteiger partial charge in [-0.2, -0.15) is 0 Å². The van der Waals surface area contributed by atoms with E-state index in [4.69, 9.17) is 0 Å². The number of hydrogen-bond acceptors (Lipinski definition) is 4. The molecule has 2 aromatic carbocycles. The van der Waals surface area contributed by atoms with E-state index in [0.717, 1.165) is 29.8 Å². The molecule has 0 radical (unpaired) electrons. The molecule has 0 aromatic heterocycles. The molecular formula is C21H23N3O4S. The Morgan fingerprint density at radius 1 is 0.828 bits per heavy atom. The van der Waals surface area contributed by atoms with Crippen molar-refractivity contribution in [2.24, 2.45) is 0 Å². The highest BCUT2D eigenvalue weighted by Gasteiger charge is 2.23. The molecule has 29 heavy (non-hydrogen) atoms. The normalized spacial score (nSPS) is 17.4. The molecule has 0 bridgehead atoms. The zero-order valence-corrected chi connectivity index (χ0v) is 16.8. The molecule has 0 saturated carbocycles. The third-order valence-electron chi connectivity index (χ3n) is 5.29. The summed E-state index contributed by atoms with van der Waals surface area (Å²) in [4.78, 5) is 27.3. The summed E-state index contributed by atoms with van der Waals surface area (Å²) in [6.45, 7) is 1.49. The molecule has 8 heteroatoms. The van der Waals surface area contributed by atoms with Crippen molar-refractivity contribution >= 4 is 33.2 Å². The molecule has 2 amide bonds. The molecule has 2 aliphatic rings. The number of nitrogens with zero attached hydrogens (tertiary/aromatic N) is 2. The monoisotopic (exact) mass is 413 g/mol. The summed E-state index contributed by atoms with van der Waals surface area (Å²) in [5, 5.41) is 0. The fourth-order valence-corrected chi connectivity index (χ4v) is 4.76. The molecule has 0 aliphatic carbocycles. The summed E-state index contributed by atoms with van der Waals surface area (Å²) in [7, 11) is -3.69. The van der Waals surface area contributed by atoms with Crippen molar-refractivity contribution in [3.8, 4) is 0 Å². The average Bonchev–Trinajstić information content (AvgIpc) is 3.35. The fraction of sp³-hybridized carbons (Fsp3) is 0.333. The van der Waals surface area contributed by atoms with E-state index in [1.807, 2.05) is 24.3 Å². The standard InChI is InChI=1S/C21H23N3O4S/c25-20-6-2-12-23(20)17-8-10-19(11-9-17)29(27,28)22-15-16-4-1-5-18(14-16)24-13-3-7-21(24)26/h1,4-5,8-11,14,22H,2-3,6-7,12-13,15H2. The number of nitrogens with one attached hydrogen (secondary N) is 1. The van der Waals surface area contributed by atoms with Gasteiger partial charge in [0.15, 0.2) is 0 Å². The number of rotatable bonds is 6. The second kappa shape index (κ2) is 7.96. The smallest absolute Gasteiger partial charge is 0.240 e. The minimum Gasteiger partial charge on any atom is -0.312 e. The van der Waals surface area contributed by atoms with Crippen molar-refractivity contribution in [3.05, 3.63) is 54.1 Å². The number of anilines is 2. The molecule has 2 heterocycles. The van der Waals surface area contributed by atoms with Crippen LogP contribution in [0.25, 0.3) is 0 Å². The topological polar surface area (TPSA) is 86.8 Å². The Hall–Kier alpha value is -2.71. The Morgan fingerprint density at radius 3 is 2.03 bits per heavy atom. The van der Waals surface area contributed by atoms with Gasteiger partial charge in [0.1, 0.15) is 0 Å². The maximum absolute atomic E-state index is 12.6. The van der Waals surface area contributed by atoms with Crippen molar-refractivity contribution in [3.63, 3.8) is 0 Å². The molecule has 2 aromatic rings. The van der Waals surface area contributed by atoms with E-state index < -0.39 is 10.0 Å². The largest absolute Gasteiger partial charge is 0.312 e. The van der Waals surface area contributed by atoms with Crippen LogP contribution < -0.4 is 14.5 Å². The number of sulfonamides is 1. The van der Waals surface area contributed by atoms with Crippen molar-refractivity contribution in [1.29, 1.82) is 0 Å². The van der Waals surface area contributed by atoms with E-state index in [2.05, 4.69) is 4.72 Å². The second-order valence-electron chi connectivity index (χ2n) is 7.29. The van der Waals surface area contributed by atoms with Crippen molar-refractivity contribution in [2.45, 2.75) is 37.1 Å².